The Morgan fingerprint density at radius 3 is 2.56 bits per heavy atom. The normalized spacial score (nSPS) is 8.22. The van der Waals surface area contributed by atoms with Gasteiger partial charge < -0.3 is 0 Å². The first-order chi connectivity index (χ1) is 3.80. The summed E-state index contributed by atoms with van der Waals surface area (Å²) < 4.78 is 1.12. The summed E-state index contributed by atoms with van der Waals surface area (Å²) in [5.74, 6) is 0. The maximum absolute atomic E-state index is 3.92. The van der Waals surface area contributed by atoms with Gasteiger partial charge in [-0.25, -0.2) is 0 Å². The highest BCUT2D eigenvalue weighted by Crippen LogP contribution is 2.11. The lowest BCUT2D eigenvalue weighted by Crippen LogP contribution is -1.74. The van der Waals surface area contributed by atoms with Crippen LogP contribution in [0.15, 0.2) is 22.9 Å². The number of aryl methyl sites for hydroxylation is 1. The third kappa shape index (κ3) is 2.45. The lowest BCUT2D eigenvalue weighted by atomic mass is 10.3. The number of halogens is 2. The SMILES string of the molecule is Br.Cc1cnccc1Br. The smallest absolute Gasteiger partial charge is 0.0308 e. The van der Waals surface area contributed by atoms with E-state index in [0.29, 0.717) is 0 Å². The molecule has 1 aromatic rings. The van der Waals surface area contributed by atoms with Crippen LogP contribution in [0.1, 0.15) is 5.56 Å². The van der Waals surface area contributed by atoms with Gasteiger partial charge in [0.25, 0.3) is 0 Å². The molecule has 1 heterocycles. The largest absolute Gasteiger partial charge is 0.264 e. The molecule has 0 bridgehead atoms. The lowest BCUT2D eigenvalue weighted by molar-refractivity contribution is 1.25. The van der Waals surface area contributed by atoms with Crippen molar-refractivity contribution >= 4 is 32.9 Å². The van der Waals surface area contributed by atoms with Gasteiger partial charge in [-0.15, -0.1) is 17.0 Å². The van der Waals surface area contributed by atoms with Gasteiger partial charge in [0.15, 0.2) is 0 Å². The summed E-state index contributed by atoms with van der Waals surface area (Å²) in [5, 5.41) is 0. The Bertz CT molecular complexity index is 167. The third-order valence-electron chi connectivity index (χ3n) is 0.952. The molecule has 0 saturated carbocycles. The summed E-state index contributed by atoms with van der Waals surface area (Å²) in [5.41, 5.74) is 1.17. The molecule has 1 aromatic heterocycles. The monoisotopic (exact) mass is 251 g/mol. The molecule has 0 N–H and O–H groups in total. The van der Waals surface area contributed by atoms with Gasteiger partial charge in [0.2, 0.25) is 0 Å². The Morgan fingerprint density at radius 1 is 1.56 bits per heavy atom. The summed E-state index contributed by atoms with van der Waals surface area (Å²) in [6, 6.07) is 1.93. The molecule has 1 rings (SSSR count). The zero-order chi connectivity index (χ0) is 5.98. The molecule has 50 valence electrons. The van der Waals surface area contributed by atoms with Crippen LogP contribution in [0.2, 0.25) is 0 Å². The van der Waals surface area contributed by atoms with Crippen LogP contribution in [-0.4, -0.2) is 4.98 Å². The number of pyridine rings is 1. The van der Waals surface area contributed by atoms with Gasteiger partial charge in [0.1, 0.15) is 0 Å². The van der Waals surface area contributed by atoms with E-state index < -0.39 is 0 Å². The van der Waals surface area contributed by atoms with E-state index in [2.05, 4.69) is 20.9 Å². The second kappa shape index (κ2) is 4.01. The van der Waals surface area contributed by atoms with E-state index in [1.54, 1.807) is 6.20 Å². The maximum Gasteiger partial charge on any atom is 0.0308 e. The standard InChI is InChI=1S/C6H6BrN.BrH/c1-5-4-8-3-2-6(5)7;/h2-4H,1H3;1H. The fourth-order valence-corrected chi connectivity index (χ4v) is 0.677. The molecule has 0 aliphatic carbocycles. The van der Waals surface area contributed by atoms with Crippen molar-refractivity contribution in [1.29, 1.82) is 0 Å². The number of hydrogen-bond acceptors (Lipinski definition) is 1. The Kier molecular flexibility index (Phi) is 4.06. The van der Waals surface area contributed by atoms with Crippen molar-refractivity contribution in [2.24, 2.45) is 0 Å². The number of aromatic nitrogens is 1. The molecule has 1 nitrogen and oxygen atoms in total. The molecule has 9 heavy (non-hydrogen) atoms. The molecule has 0 fully saturated rings. The van der Waals surface area contributed by atoms with Crippen molar-refractivity contribution in [3.05, 3.63) is 28.5 Å². The van der Waals surface area contributed by atoms with Crippen LogP contribution >= 0.6 is 32.9 Å². The Hall–Kier alpha value is 0.110. The van der Waals surface area contributed by atoms with Crippen LogP contribution < -0.4 is 0 Å². The summed E-state index contributed by atoms with van der Waals surface area (Å²) in [6.07, 6.45) is 3.58. The molecule has 0 atom stereocenters. The molecule has 0 radical (unpaired) electrons. The van der Waals surface area contributed by atoms with Gasteiger partial charge in [0, 0.05) is 16.9 Å². The van der Waals surface area contributed by atoms with Crippen molar-refractivity contribution in [2.75, 3.05) is 0 Å². The topological polar surface area (TPSA) is 12.9 Å². The van der Waals surface area contributed by atoms with Gasteiger partial charge in [-0.05, 0) is 18.6 Å². The molecule has 0 unspecified atom stereocenters. The maximum atomic E-state index is 3.92. The van der Waals surface area contributed by atoms with Crippen molar-refractivity contribution in [3.63, 3.8) is 0 Å². The highest BCUT2D eigenvalue weighted by molar-refractivity contribution is 9.10. The van der Waals surface area contributed by atoms with Crippen LogP contribution in [0.3, 0.4) is 0 Å². The van der Waals surface area contributed by atoms with Crippen LogP contribution in [0.5, 0.6) is 0 Å². The highest BCUT2D eigenvalue weighted by Gasteiger charge is 1.87. The third-order valence-corrected chi connectivity index (χ3v) is 1.84. The quantitative estimate of drug-likeness (QED) is 0.692. The van der Waals surface area contributed by atoms with E-state index in [-0.39, 0.29) is 17.0 Å². The first-order valence-electron chi connectivity index (χ1n) is 2.37. The predicted octanol–water partition coefficient (Wildman–Crippen LogP) is 2.73. The molecular weight excluding hydrogens is 246 g/mol. The van der Waals surface area contributed by atoms with Crippen molar-refractivity contribution in [3.8, 4) is 0 Å². The van der Waals surface area contributed by atoms with Gasteiger partial charge in [-0.3, -0.25) is 4.98 Å². The first-order valence-corrected chi connectivity index (χ1v) is 3.16. The van der Waals surface area contributed by atoms with E-state index in [9.17, 15) is 0 Å². The van der Waals surface area contributed by atoms with Crippen LogP contribution in [0, 0.1) is 6.92 Å². The zero-order valence-corrected chi connectivity index (χ0v) is 8.26. The Morgan fingerprint density at radius 2 is 2.22 bits per heavy atom. The minimum absolute atomic E-state index is 0. The number of nitrogens with zero attached hydrogens (tertiary/aromatic N) is 1. The van der Waals surface area contributed by atoms with Gasteiger partial charge in [0.05, 0.1) is 0 Å². The fourth-order valence-electron chi connectivity index (χ4n) is 0.456. The molecule has 0 amide bonds. The Labute approximate surface area is 73.4 Å². The number of rotatable bonds is 0. The first kappa shape index (κ1) is 9.11. The molecule has 0 saturated heterocycles. The fraction of sp³-hybridized carbons (Fsp3) is 0.167. The van der Waals surface area contributed by atoms with Gasteiger partial charge in [-0.1, -0.05) is 15.9 Å². The minimum Gasteiger partial charge on any atom is -0.264 e. The summed E-state index contributed by atoms with van der Waals surface area (Å²) in [6.45, 7) is 2.01. The van der Waals surface area contributed by atoms with Crippen molar-refractivity contribution in [2.45, 2.75) is 6.92 Å². The molecule has 3 heteroatoms. The molecule has 0 aromatic carbocycles. The van der Waals surface area contributed by atoms with E-state index in [4.69, 9.17) is 0 Å². The summed E-state index contributed by atoms with van der Waals surface area (Å²) in [7, 11) is 0. The average Bonchev–Trinajstić information content (AvgIpc) is 1.77. The van der Waals surface area contributed by atoms with E-state index in [0.717, 1.165) is 4.47 Å². The molecule has 0 aliphatic heterocycles. The van der Waals surface area contributed by atoms with Crippen molar-refractivity contribution < 1.29 is 0 Å². The zero-order valence-electron chi connectivity index (χ0n) is 4.97. The molecular formula is C6H7Br2N. The van der Waals surface area contributed by atoms with Crippen LogP contribution in [-0.2, 0) is 0 Å². The van der Waals surface area contributed by atoms with Gasteiger partial charge >= 0.3 is 0 Å². The Balaban J connectivity index is 0.000000640. The lowest BCUT2D eigenvalue weighted by Gasteiger charge is -1.90. The predicted molar refractivity (Wildman–Crippen MR) is 47.0 cm³/mol. The second-order valence-corrected chi connectivity index (χ2v) is 2.48. The summed E-state index contributed by atoms with van der Waals surface area (Å²) >= 11 is 3.36. The van der Waals surface area contributed by atoms with Crippen LogP contribution in [0.25, 0.3) is 0 Å². The summed E-state index contributed by atoms with van der Waals surface area (Å²) in [4.78, 5) is 3.92. The van der Waals surface area contributed by atoms with E-state index in [1.165, 1.54) is 5.56 Å². The molecule has 0 spiro atoms. The van der Waals surface area contributed by atoms with Crippen LogP contribution in [0.4, 0.5) is 0 Å². The average molecular weight is 253 g/mol. The number of hydrogen-bond donors (Lipinski definition) is 0. The van der Waals surface area contributed by atoms with E-state index >= 15 is 0 Å². The van der Waals surface area contributed by atoms with Crippen molar-refractivity contribution in [1.82, 2.24) is 4.98 Å². The minimum atomic E-state index is 0. The van der Waals surface area contributed by atoms with E-state index in [1.807, 2.05) is 19.2 Å². The second-order valence-electron chi connectivity index (χ2n) is 1.62. The van der Waals surface area contributed by atoms with Gasteiger partial charge in [-0.2, -0.15) is 0 Å². The molecule has 0 aliphatic rings. The highest BCUT2D eigenvalue weighted by atomic mass is 79.9.